The first-order chi connectivity index (χ1) is 7.93. The minimum atomic E-state index is -2.09. The molecule has 0 aliphatic carbocycles. The molecule has 0 aliphatic rings. The van der Waals surface area contributed by atoms with Crippen LogP contribution in [-0.4, -0.2) is 29.3 Å². The van der Waals surface area contributed by atoms with Crippen molar-refractivity contribution in [1.82, 2.24) is 0 Å². The molecule has 0 atom stereocenters. The molecule has 0 saturated carbocycles. The second kappa shape index (κ2) is 5.37. The van der Waals surface area contributed by atoms with Crippen LogP contribution in [0, 0.1) is 11.6 Å². The predicted octanol–water partition coefficient (Wildman–Crippen LogP) is -1.75. The molecule has 17 heavy (non-hydrogen) atoms. The summed E-state index contributed by atoms with van der Waals surface area (Å²) in [5.74, 6) is -2.97. The van der Waals surface area contributed by atoms with Crippen LogP contribution in [-0.2, 0) is 0 Å². The maximum atomic E-state index is 13.3. The van der Waals surface area contributed by atoms with Gasteiger partial charge in [-0.1, -0.05) is 12.1 Å². The Bertz CT molecular complexity index is 475. The van der Waals surface area contributed by atoms with Gasteiger partial charge in [-0.3, -0.25) is 0 Å². The molecule has 0 aromatic heterocycles. The van der Waals surface area contributed by atoms with Crippen molar-refractivity contribution in [2.45, 2.75) is 0 Å². The molecule has 0 amide bonds. The number of hydrogen-bond acceptors (Lipinski definition) is 4. The van der Waals surface area contributed by atoms with Crippen molar-refractivity contribution in [1.29, 1.82) is 0 Å². The van der Waals surface area contributed by atoms with Crippen molar-refractivity contribution in [2.75, 3.05) is 0 Å². The van der Waals surface area contributed by atoms with E-state index in [2.05, 4.69) is 10.2 Å². The summed E-state index contributed by atoms with van der Waals surface area (Å²) in [7, 11) is -2.09. The molecular weight excluding hydrogens is 233 g/mol. The Hall–Kier alpha value is -2.00. The van der Waals surface area contributed by atoms with E-state index in [0.29, 0.717) is 0 Å². The molecule has 0 spiro atoms. The highest BCUT2D eigenvalue weighted by Gasteiger charge is 2.20. The number of guanidine groups is 1. The van der Waals surface area contributed by atoms with Crippen molar-refractivity contribution >= 4 is 24.8 Å². The first kappa shape index (κ1) is 13.1. The predicted molar refractivity (Wildman–Crippen MR) is 59.6 cm³/mol. The summed E-state index contributed by atoms with van der Waals surface area (Å²) < 4.78 is 26.6. The summed E-state index contributed by atoms with van der Waals surface area (Å²) in [6.45, 7) is 0. The van der Waals surface area contributed by atoms with E-state index in [1.807, 2.05) is 0 Å². The van der Waals surface area contributed by atoms with Crippen molar-refractivity contribution in [3.05, 3.63) is 29.3 Å². The molecule has 0 fully saturated rings. The van der Waals surface area contributed by atoms with Crippen LogP contribution in [0.25, 0.3) is 0 Å². The van der Waals surface area contributed by atoms with Crippen LogP contribution >= 0.6 is 0 Å². The number of benzene rings is 1. The molecule has 9 heteroatoms. The van der Waals surface area contributed by atoms with Crippen molar-refractivity contribution in [3.8, 4) is 0 Å². The van der Waals surface area contributed by atoms with Crippen LogP contribution in [0.3, 0.4) is 0 Å². The molecule has 1 aromatic carbocycles. The Labute approximate surface area is 95.4 Å². The largest absolute Gasteiger partial charge is 0.491 e. The van der Waals surface area contributed by atoms with Gasteiger partial charge in [0, 0.05) is 11.0 Å². The quantitative estimate of drug-likeness (QED) is 0.217. The zero-order valence-corrected chi connectivity index (χ0v) is 8.51. The molecule has 0 bridgehead atoms. The van der Waals surface area contributed by atoms with Crippen LogP contribution in [0.4, 0.5) is 8.78 Å². The zero-order valence-electron chi connectivity index (χ0n) is 8.51. The minimum Gasteiger partial charge on any atom is -0.423 e. The van der Waals surface area contributed by atoms with Crippen LogP contribution in [0.5, 0.6) is 0 Å². The zero-order chi connectivity index (χ0) is 13.0. The summed E-state index contributed by atoms with van der Waals surface area (Å²) in [4.78, 5) is 0. The van der Waals surface area contributed by atoms with Gasteiger partial charge in [-0.2, -0.15) is 5.10 Å². The Morgan fingerprint density at radius 2 is 1.88 bits per heavy atom. The number of hydrogen-bond donors (Lipinski definition) is 4. The number of halogens is 2. The summed E-state index contributed by atoms with van der Waals surface area (Å²) in [5.41, 5.74) is 9.14. The topological polar surface area (TPSA) is 117 Å². The molecule has 0 radical (unpaired) electrons. The summed E-state index contributed by atoms with van der Waals surface area (Å²) >= 11 is 0. The van der Waals surface area contributed by atoms with Gasteiger partial charge in [0.05, 0.1) is 6.21 Å². The van der Waals surface area contributed by atoms with Gasteiger partial charge in [0.2, 0.25) is 5.96 Å². The molecular formula is C8H9BF2N4O2. The van der Waals surface area contributed by atoms with Crippen LogP contribution in [0.15, 0.2) is 22.3 Å². The number of nitrogens with zero attached hydrogens (tertiary/aromatic N) is 2. The van der Waals surface area contributed by atoms with Gasteiger partial charge in [0.25, 0.3) is 0 Å². The Morgan fingerprint density at radius 3 is 2.41 bits per heavy atom. The molecule has 0 unspecified atom stereocenters. The molecule has 90 valence electrons. The molecule has 6 nitrogen and oxygen atoms in total. The summed E-state index contributed by atoms with van der Waals surface area (Å²) in [5, 5.41) is 24.0. The molecule has 6 N–H and O–H groups in total. The molecule has 0 heterocycles. The van der Waals surface area contributed by atoms with E-state index in [1.165, 1.54) is 0 Å². The van der Waals surface area contributed by atoms with Gasteiger partial charge in [-0.15, -0.1) is 5.10 Å². The lowest BCUT2D eigenvalue weighted by molar-refractivity contribution is 0.420. The highest BCUT2D eigenvalue weighted by Crippen LogP contribution is 2.08. The highest BCUT2D eigenvalue weighted by molar-refractivity contribution is 6.58. The third-order valence-corrected chi connectivity index (χ3v) is 1.79. The number of nitrogens with two attached hydrogens (primary N) is 2. The van der Waals surface area contributed by atoms with Crippen molar-refractivity contribution < 1.29 is 18.8 Å². The lowest BCUT2D eigenvalue weighted by atomic mass is 9.79. The fraction of sp³-hybridized carbons (Fsp3) is 0. The second-order valence-corrected chi connectivity index (χ2v) is 3.02. The lowest BCUT2D eigenvalue weighted by Crippen LogP contribution is -2.33. The monoisotopic (exact) mass is 242 g/mol. The van der Waals surface area contributed by atoms with Gasteiger partial charge >= 0.3 is 7.12 Å². The van der Waals surface area contributed by atoms with E-state index in [0.717, 1.165) is 18.3 Å². The highest BCUT2D eigenvalue weighted by atomic mass is 19.2. The van der Waals surface area contributed by atoms with Gasteiger partial charge in [-0.05, 0) is 0 Å². The third-order valence-electron chi connectivity index (χ3n) is 1.79. The van der Waals surface area contributed by atoms with E-state index < -0.39 is 24.2 Å². The standard InChI is InChI=1S/C8H9BF2N4O2/c10-6-4(3-14-15-8(12)13)1-2-5(7(6)11)9(16)17/h1-3,16-17H,(H4,12,13,15). The normalized spacial score (nSPS) is 10.6. The Morgan fingerprint density at radius 1 is 1.24 bits per heavy atom. The van der Waals surface area contributed by atoms with Gasteiger partial charge in [-0.25, -0.2) is 8.78 Å². The van der Waals surface area contributed by atoms with Crippen LogP contribution in [0.2, 0.25) is 0 Å². The van der Waals surface area contributed by atoms with E-state index in [9.17, 15) is 8.78 Å². The van der Waals surface area contributed by atoms with Crippen molar-refractivity contribution in [2.24, 2.45) is 21.7 Å². The van der Waals surface area contributed by atoms with Crippen molar-refractivity contribution in [3.63, 3.8) is 0 Å². The number of rotatable bonds is 3. The lowest BCUT2D eigenvalue weighted by Gasteiger charge is -2.04. The van der Waals surface area contributed by atoms with Gasteiger partial charge in [0.1, 0.15) is 0 Å². The molecule has 1 rings (SSSR count). The maximum Gasteiger partial charge on any atom is 0.491 e. The van der Waals surface area contributed by atoms with E-state index in [-0.39, 0.29) is 11.5 Å². The average Bonchev–Trinajstić information content (AvgIpc) is 2.23. The average molecular weight is 242 g/mol. The second-order valence-electron chi connectivity index (χ2n) is 3.02. The van der Waals surface area contributed by atoms with E-state index >= 15 is 0 Å². The molecule has 1 aromatic rings. The summed E-state index contributed by atoms with van der Waals surface area (Å²) in [6, 6.07) is 2.12. The van der Waals surface area contributed by atoms with Crippen LogP contribution < -0.4 is 16.9 Å². The fourth-order valence-electron chi connectivity index (χ4n) is 1.04. The SMILES string of the molecule is NC(N)=NN=Cc1ccc(B(O)O)c(F)c1F. The third kappa shape index (κ3) is 3.23. The first-order valence-corrected chi connectivity index (χ1v) is 4.39. The Kier molecular flexibility index (Phi) is 4.13. The van der Waals surface area contributed by atoms with Gasteiger partial charge in [0.15, 0.2) is 11.6 Å². The van der Waals surface area contributed by atoms with E-state index in [4.69, 9.17) is 21.5 Å². The fourth-order valence-corrected chi connectivity index (χ4v) is 1.04. The molecule has 0 aliphatic heterocycles. The van der Waals surface area contributed by atoms with E-state index in [1.54, 1.807) is 0 Å². The minimum absolute atomic E-state index is 0.225. The van der Waals surface area contributed by atoms with Crippen LogP contribution in [0.1, 0.15) is 5.56 Å². The first-order valence-electron chi connectivity index (χ1n) is 4.39. The Balaban J connectivity index is 3.09. The van der Waals surface area contributed by atoms with Gasteiger partial charge < -0.3 is 21.5 Å². The molecule has 0 saturated heterocycles. The maximum absolute atomic E-state index is 13.3. The summed E-state index contributed by atoms with van der Waals surface area (Å²) in [6.07, 6.45) is 0.895. The smallest absolute Gasteiger partial charge is 0.423 e.